The summed E-state index contributed by atoms with van der Waals surface area (Å²) in [4.78, 5) is 0. The van der Waals surface area contributed by atoms with E-state index in [1.165, 1.54) is 42.4 Å². The van der Waals surface area contributed by atoms with Crippen LogP contribution in [0.3, 0.4) is 0 Å². The molecule has 0 spiro atoms. The Bertz CT molecular complexity index is 669. The average molecular weight is 357 g/mol. The molecule has 2 heteroatoms. The number of halogens is 1. The minimum absolute atomic E-state index is 0.629. The van der Waals surface area contributed by atoms with Gasteiger partial charge in [-0.2, -0.15) is 0 Å². The minimum atomic E-state index is 0.629. The third-order valence-electron chi connectivity index (χ3n) is 5.46. The molecule has 0 heterocycles. The van der Waals surface area contributed by atoms with E-state index in [1.54, 1.807) is 0 Å². The largest absolute Gasteiger partial charge is 0.492 e. The molecular weight excluding hydrogens is 328 g/mol. The maximum absolute atomic E-state index is 6.44. The highest BCUT2D eigenvalue weighted by molar-refractivity contribution is 6.32. The van der Waals surface area contributed by atoms with Gasteiger partial charge in [0.15, 0.2) is 0 Å². The van der Waals surface area contributed by atoms with Crippen molar-refractivity contribution >= 4 is 11.6 Å². The van der Waals surface area contributed by atoms with E-state index in [9.17, 15) is 0 Å². The van der Waals surface area contributed by atoms with Crippen LogP contribution < -0.4 is 4.74 Å². The summed E-state index contributed by atoms with van der Waals surface area (Å²) in [5, 5.41) is 0.759. The molecule has 0 radical (unpaired) electrons. The maximum Gasteiger partial charge on any atom is 0.137 e. The van der Waals surface area contributed by atoms with Crippen LogP contribution in [0.25, 0.3) is 0 Å². The van der Waals surface area contributed by atoms with Gasteiger partial charge in [0.1, 0.15) is 5.75 Å². The third-order valence-corrected chi connectivity index (χ3v) is 5.75. The van der Waals surface area contributed by atoms with Crippen molar-refractivity contribution in [1.29, 1.82) is 0 Å². The van der Waals surface area contributed by atoms with Gasteiger partial charge >= 0.3 is 0 Å². The van der Waals surface area contributed by atoms with Gasteiger partial charge in [0.05, 0.1) is 11.6 Å². The molecule has 0 bridgehead atoms. The fraction of sp³-hybridized carbons (Fsp3) is 0.478. The number of unbranched alkanes of at least 4 members (excludes halogenated alkanes) is 1. The van der Waals surface area contributed by atoms with E-state index in [-0.39, 0.29) is 0 Å². The molecule has 3 rings (SSSR count). The SMILES string of the molecule is CCCCOc1ccc(C2CCC(c3ccc(C)cc3)CC2)cc1Cl. The molecule has 134 valence electrons. The molecule has 1 fully saturated rings. The Morgan fingerprint density at radius 1 is 0.920 bits per heavy atom. The molecule has 2 aromatic carbocycles. The first-order valence-corrected chi connectivity index (χ1v) is 10.0. The molecule has 0 N–H and O–H groups in total. The van der Waals surface area contributed by atoms with Gasteiger partial charge in [-0.15, -0.1) is 0 Å². The van der Waals surface area contributed by atoms with Crippen LogP contribution in [0, 0.1) is 6.92 Å². The minimum Gasteiger partial charge on any atom is -0.492 e. The Hall–Kier alpha value is -1.47. The molecular formula is C23H29ClO. The topological polar surface area (TPSA) is 9.23 Å². The average Bonchev–Trinajstić information content (AvgIpc) is 2.64. The van der Waals surface area contributed by atoms with Crippen LogP contribution in [0.2, 0.25) is 5.02 Å². The fourth-order valence-corrected chi connectivity index (χ4v) is 4.06. The van der Waals surface area contributed by atoms with Gasteiger partial charge in [0.2, 0.25) is 0 Å². The van der Waals surface area contributed by atoms with E-state index in [2.05, 4.69) is 56.3 Å². The van der Waals surface area contributed by atoms with Gasteiger partial charge < -0.3 is 4.74 Å². The molecule has 0 aliphatic heterocycles. The van der Waals surface area contributed by atoms with E-state index in [0.29, 0.717) is 11.8 Å². The van der Waals surface area contributed by atoms with Crippen LogP contribution in [-0.2, 0) is 0 Å². The summed E-state index contributed by atoms with van der Waals surface area (Å²) in [7, 11) is 0. The number of hydrogen-bond acceptors (Lipinski definition) is 1. The van der Waals surface area contributed by atoms with Crippen LogP contribution in [0.1, 0.15) is 74.0 Å². The predicted octanol–water partition coefficient (Wildman–Crippen LogP) is 7.27. The van der Waals surface area contributed by atoms with Crippen molar-refractivity contribution in [3.05, 3.63) is 64.2 Å². The van der Waals surface area contributed by atoms with Crippen molar-refractivity contribution < 1.29 is 4.74 Å². The standard InChI is InChI=1S/C23H29ClO/c1-3-4-15-25-23-14-13-21(16-22(23)24)20-11-9-19(10-12-20)18-7-5-17(2)6-8-18/h5-8,13-14,16,19-20H,3-4,9-12,15H2,1-2H3. The molecule has 0 atom stereocenters. The molecule has 0 saturated heterocycles. The van der Waals surface area contributed by atoms with Crippen LogP contribution in [0.4, 0.5) is 0 Å². The summed E-state index contributed by atoms with van der Waals surface area (Å²) in [6.07, 6.45) is 7.22. The lowest BCUT2D eigenvalue weighted by Crippen LogP contribution is -2.12. The van der Waals surface area contributed by atoms with Crippen molar-refractivity contribution in [2.24, 2.45) is 0 Å². The molecule has 0 unspecified atom stereocenters. The second-order valence-corrected chi connectivity index (χ2v) is 7.76. The third kappa shape index (κ3) is 4.79. The second kappa shape index (κ2) is 8.76. The summed E-state index contributed by atoms with van der Waals surface area (Å²) >= 11 is 6.44. The van der Waals surface area contributed by atoms with Crippen LogP contribution in [0.15, 0.2) is 42.5 Å². The highest BCUT2D eigenvalue weighted by Gasteiger charge is 2.24. The molecule has 1 nitrogen and oxygen atoms in total. The van der Waals surface area contributed by atoms with Crippen molar-refractivity contribution in [3.63, 3.8) is 0 Å². The van der Waals surface area contributed by atoms with Crippen LogP contribution in [0.5, 0.6) is 5.75 Å². The number of aryl methyl sites for hydroxylation is 1. The monoisotopic (exact) mass is 356 g/mol. The normalized spacial score (nSPS) is 20.4. The van der Waals surface area contributed by atoms with E-state index in [1.807, 2.05) is 0 Å². The molecule has 0 aromatic heterocycles. The molecule has 2 aromatic rings. The van der Waals surface area contributed by atoms with Gasteiger partial charge in [-0.25, -0.2) is 0 Å². The highest BCUT2D eigenvalue weighted by atomic mass is 35.5. The summed E-state index contributed by atoms with van der Waals surface area (Å²) in [6.45, 7) is 5.07. The zero-order chi connectivity index (χ0) is 17.6. The van der Waals surface area contributed by atoms with Gasteiger partial charge in [0, 0.05) is 0 Å². The summed E-state index contributed by atoms with van der Waals surface area (Å²) in [6, 6.07) is 15.5. The summed E-state index contributed by atoms with van der Waals surface area (Å²) in [5.74, 6) is 2.17. The van der Waals surface area contributed by atoms with Crippen molar-refractivity contribution in [3.8, 4) is 5.75 Å². The Morgan fingerprint density at radius 2 is 1.52 bits per heavy atom. The molecule has 1 aliphatic rings. The smallest absolute Gasteiger partial charge is 0.137 e. The van der Waals surface area contributed by atoms with Gasteiger partial charge in [-0.1, -0.05) is 60.8 Å². The lowest BCUT2D eigenvalue weighted by molar-refractivity contribution is 0.309. The Labute approximate surface area is 157 Å². The lowest BCUT2D eigenvalue weighted by atomic mass is 9.76. The molecule has 1 aliphatic carbocycles. The number of benzene rings is 2. The Morgan fingerprint density at radius 3 is 2.12 bits per heavy atom. The lowest BCUT2D eigenvalue weighted by Gasteiger charge is -2.29. The van der Waals surface area contributed by atoms with E-state index >= 15 is 0 Å². The van der Waals surface area contributed by atoms with E-state index in [0.717, 1.165) is 30.2 Å². The quantitative estimate of drug-likeness (QED) is 0.494. The second-order valence-electron chi connectivity index (χ2n) is 7.35. The summed E-state index contributed by atoms with van der Waals surface area (Å²) in [5.41, 5.74) is 4.21. The molecule has 1 saturated carbocycles. The van der Waals surface area contributed by atoms with Crippen molar-refractivity contribution in [2.45, 2.75) is 64.2 Å². The summed E-state index contributed by atoms with van der Waals surface area (Å²) < 4.78 is 5.77. The number of rotatable bonds is 6. The number of ether oxygens (including phenoxy) is 1. The zero-order valence-corrected chi connectivity index (χ0v) is 16.2. The van der Waals surface area contributed by atoms with Gasteiger partial charge in [-0.05, 0) is 74.1 Å². The van der Waals surface area contributed by atoms with Crippen LogP contribution >= 0.6 is 11.6 Å². The van der Waals surface area contributed by atoms with Gasteiger partial charge in [0.25, 0.3) is 0 Å². The number of hydrogen-bond donors (Lipinski definition) is 0. The van der Waals surface area contributed by atoms with E-state index < -0.39 is 0 Å². The van der Waals surface area contributed by atoms with Gasteiger partial charge in [-0.3, -0.25) is 0 Å². The molecule has 25 heavy (non-hydrogen) atoms. The van der Waals surface area contributed by atoms with Crippen LogP contribution in [-0.4, -0.2) is 6.61 Å². The Balaban J connectivity index is 1.59. The molecule has 0 amide bonds. The zero-order valence-electron chi connectivity index (χ0n) is 15.4. The van der Waals surface area contributed by atoms with E-state index in [4.69, 9.17) is 16.3 Å². The first-order valence-electron chi connectivity index (χ1n) is 9.66. The van der Waals surface area contributed by atoms with Crippen molar-refractivity contribution in [1.82, 2.24) is 0 Å². The highest BCUT2D eigenvalue weighted by Crippen LogP contribution is 2.41. The predicted molar refractivity (Wildman–Crippen MR) is 107 cm³/mol. The van der Waals surface area contributed by atoms with Crippen molar-refractivity contribution in [2.75, 3.05) is 6.61 Å². The Kier molecular flexibility index (Phi) is 6.42. The first kappa shape index (κ1) is 18.3. The fourth-order valence-electron chi connectivity index (χ4n) is 3.81. The first-order chi connectivity index (χ1) is 12.2. The maximum atomic E-state index is 6.44.